The van der Waals surface area contributed by atoms with Crippen molar-refractivity contribution in [1.82, 2.24) is 10.7 Å². The van der Waals surface area contributed by atoms with E-state index in [4.69, 9.17) is 18.9 Å². The van der Waals surface area contributed by atoms with Crippen LogP contribution in [0.2, 0.25) is 0 Å². The van der Waals surface area contributed by atoms with Crippen molar-refractivity contribution in [3.8, 4) is 23.0 Å². The van der Waals surface area contributed by atoms with Crippen LogP contribution in [0.15, 0.2) is 41.5 Å². The van der Waals surface area contributed by atoms with Crippen molar-refractivity contribution in [2.45, 2.75) is 19.8 Å². The normalized spacial score (nSPS) is 11.9. The minimum Gasteiger partial charge on any atom is -0.493 e. The van der Waals surface area contributed by atoms with E-state index in [1.165, 1.54) is 6.21 Å². The Hall–Kier alpha value is -3.75. The molecule has 0 saturated carbocycles. The predicted octanol–water partition coefficient (Wildman–Crippen LogP) is 2.48. The smallest absolute Gasteiger partial charge is 0.259 e. The van der Waals surface area contributed by atoms with Gasteiger partial charge in [-0.1, -0.05) is 13.3 Å². The van der Waals surface area contributed by atoms with Crippen LogP contribution in [-0.2, 0) is 4.79 Å². The Morgan fingerprint density at radius 3 is 2.77 bits per heavy atom. The molecule has 1 heterocycles. The summed E-state index contributed by atoms with van der Waals surface area (Å²) in [6.45, 7) is 2.62. The van der Waals surface area contributed by atoms with Crippen molar-refractivity contribution >= 4 is 18.0 Å². The van der Waals surface area contributed by atoms with Crippen molar-refractivity contribution in [1.29, 1.82) is 0 Å². The monoisotopic (exact) mass is 427 g/mol. The molecule has 0 spiro atoms. The van der Waals surface area contributed by atoms with Crippen LogP contribution in [0.4, 0.5) is 0 Å². The van der Waals surface area contributed by atoms with Gasteiger partial charge in [-0.2, -0.15) is 5.10 Å². The number of rotatable bonds is 10. The number of fused-ring (bicyclic) bond motifs is 1. The minimum absolute atomic E-state index is 0.126. The lowest BCUT2D eigenvalue weighted by molar-refractivity contribution is -0.120. The highest BCUT2D eigenvalue weighted by Crippen LogP contribution is 2.32. The zero-order chi connectivity index (χ0) is 22.1. The third-order valence-corrected chi connectivity index (χ3v) is 4.39. The maximum absolute atomic E-state index is 12.2. The van der Waals surface area contributed by atoms with Crippen LogP contribution in [0.25, 0.3) is 0 Å². The van der Waals surface area contributed by atoms with Crippen LogP contribution in [0, 0.1) is 0 Å². The highest BCUT2D eigenvalue weighted by atomic mass is 16.7. The van der Waals surface area contributed by atoms with Gasteiger partial charge in [-0.05, 0) is 48.4 Å². The van der Waals surface area contributed by atoms with Gasteiger partial charge in [0, 0.05) is 5.56 Å². The first-order chi connectivity index (χ1) is 15.1. The molecule has 1 aliphatic heterocycles. The third-order valence-electron chi connectivity index (χ3n) is 4.39. The van der Waals surface area contributed by atoms with E-state index < -0.39 is 11.8 Å². The molecule has 0 bridgehead atoms. The van der Waals surface area contributed by atoms with Gasteiger partial charge in [0.25, 0.3) is 11.8 Å². The van der Waals surface area contributed by atoms with Crippen molar-refractivity contribution in [2.75, 3.05) is 27.1 Å². The van der Waals surface area contributed by atoms with Crippen LogP contribution in [0.1, 0.15) is 35.7 Å². The van der Waals surface area contributed by atoms with Crippen LogP contribution in [0.3, 0.4) is 0 Å². The molecule has 164 valence electrons. The SMILES string of the molecule is CCCCOc1ccc(C=NNC(=O)CNC(=O)c2ccc3c(c2)OCO3)cc1OC. The Balaban J connectivity index is 1.47. The summed E-state index contributed by atoms with van der Waals surface area (Å²) in [4.78, 5) is 24.1. The molecule has 3 rings (SSSR count). The molecule has 9 nitrogen and oxygen atoms in total. The number of hydrogen-bond acceptors (Lipinski definition) is 7. The molecule has 2 N–H and O–H groups in total. The summed E-state index contributed by atoms with van der Waals surface area (Å²) < 4.78 is 21.5. The molecular formula is C22H25N3O6. The second kappa shape index (κ2) is 10.9. The first-order valence-electron chi connectivity index (χ1n) is 9.91. The van der Waals surface area contributed by atoms with Gasteiger partial charge in [0.15, 0.2) is 23.0 Å². The average Bonchev–Trinajstić information content (AvgIpc) is 3.26. The number of hydrogen-bond donors (Lipinski definition) is 2. The molecule has 2 amide bonds. The molecule has 31 heavy (non-hydrogen) atoms. The molecule has 0 radical (unpaired) electrons. The van der Waals surface area contributed by atoms with E-state index in [1.54, 1.807) is 43.5 Å². The van der Waals surface area contributed by atoms with Crippen LogP contribution in [0.5, 0.6) is 23.0 Å². The standard InChI is InChI=1S/C22H25N3O6/c1-3-4-9-29-17-7-5-15(10-19(17)28-2)12-24-25-21(26)13-23-22(27)16-6-8-18-20(11-16)31-14-30-18/h5-8,10-12H,3-4,9,13-14H2,1-2H3,(H,23,27)(H,25,26). The number of hydrazone groups is 1. The molecule has 0 unspecified atom stereocenters. The Bertz CT molecular complexity index is 960. The zero-order valence-electron chi connectivity index (χ0n) is 17.5. The minimum atomic E-state index is -0.461. The number of carbonyl (C=O) groups is 2. The molecule has 0 aromatic heterocycles. The lowest BCUT2D eigenvalue weighted by atomic mass is 10.2. The summed E-state index contributed by atoms with van der Waals surface area (Å²) in [6.07, 6.45) is 3.49. The summed E-state index contributed by atoms with van der Waals surface area (Å²) in [5, 5.41) is 6.44. The number of unbranched alkanes of at least 4 members (excludes halogenated alkanes) is 1. The van der Waals surface area contributed by atoms with Gasteiger partial charge >= 0.3 is 0 Å². The fraction of sp³-hybridized carbons (Fsp3) is 0.318. The lowest BCUT2D eigenvalue weighted by Crippen LogP contribution is -2.34. The average molecular weight is 427 g/mol. The molecule has 0 saturated heterocycles. The van der Waals surface area contributed by atoms with E-state index in [0.29, 0.717) is 35.2 Å². The maximum Gasteiger partial charge on any atom is 0.259 e. The van der Waals surface area contributed by atoms with Crippen molar-refractivity contribution in [2.24, 2.45) is 5.10 Å². The lowest BCUT2D eigenvalue weighted by Gasteiger charge is -2.10. The second-order valence-corrected chi connectivity index (χ2v) is 6.66. The summed E-state index contributed by atoms with van der Waals surface area (Å²) in [7, 11) is 1.56. The maximum atomic E-state index is 12.2. The first kappa shape index (κ1) is 21.9. The van der Waals surface area contributed by atoms with Gasteiger partial charge in [0.1, 0.15) is 0 Å². The molecule has 0 atom stereocenters. The van der Waals surface area contributed by atoms with E-state index in [0.717, 1.165) is 18.4 Å². The summed E-state index contributed by atoms with van der Waals surface area (Å²) in [6, 6.07) is 10.2. The predicted molar refractivity (Wildman–Crippen MR) is 114 cm³/mol. The first-order valence-corrected chi connectivity index (χ1v) is 9.91. The molecule has 9 heteroatoms. The van der Waals surface area contributed by atoms with Gasteiger partial charge < -0.3 is 24.3 Å². The number of benzene rings is 2. The zero-order valence-corrected chi connectivity index (χ0v) is 17.5. The van der Waals surface area contributed by atoms with Crippen molar-refractivity contribution in [3.63, 3.8) is 0 Å². The van der Waals surface area contributed by atoms with Gasteiger partial charge in [-0.25, -0.2) is 5.43 Å². The van der Waals surface area contributed by atoms with Gasteiger partial charge in [-0.3, -0.25) is 9.59 Å². The molecule has 2 aromatic carbocycles. The van der Waals surface area contributed by atoms with E-state index in [2.05, 4.69) is 22.8 Å². The number of methoxy groups -OCH3 is 1. The van der Waals surface area contributed by atoms with Crippen molar-refractivity contribution in [3.05, 3.63) is 47.5 Å². The topological polar surface area (TPSA) is 107 Å². The van der Waals surface area contributed by atoms with Crippen LogP contribution in [-0.4, -0.2) is 45.1 Å². The van der Waals surface area contributed by atoms with Gasteiger partial charge in [-0.15, -0.1) is 0 Å². The third kappa shape index (κ3) is 6.11. The largest absolute Gasteiger partial charge is 0.493 e. The number of nitrogens with one attached hydrogen (secondary N) is 2. The highest BCUT2D eigenvalue weighted by molar-refractivity contribution is 5.97. The molecule has 0 fully saturated rings. The quantitative estimate of drug-likeness (QED) is 0.343. The molecule has 2 aromatic rings. The van der Waals surface area contributed by atoms with Gasteiger partial charge in [0.05, 0.1) is 26.5 Å². The summed E-state index contributed by atoms with van der Waals surface area (Å²) in [5.41, 5.74) is 3.47. The molecule has 0 aliphatic carbocycles. The highest BCUT2D eigenvalue weighted by Gasteiger charge is 2.16. The fourth-order valence-electron chi connectivity index (χ4n) is 2.73. The van der Waals surface area contributed by atoms with E-state index in [9.17, 15) is 9.59 Å². The molecule has 1 aliphatic rings. The number of ether oxygens (including phenoxy) is 4. The Morgan fingerprint density at radius 2 is 1.97 bits per heavy atom. The Labute approximate surface area is 180 Å². The fourth-order valence-corrected chi connectivity index (χ4v) is 2.73. The second-order valence-electron chi connectivity index (χ2n) is 6.66. The van der Waals surface area contributed by atoms with Crippen LogP contribution >= 0.6 is 0 Å². The van der Waals surface area contributed by atoms with E-state index in [-0.39, 0.29) is 13.3 Å². The summed E-state index contributed by atoms with van der Waals surface area (Å²) in [5.74, 6) is 1.46. The molecular weight excluding hydrogens is 402 g/mol. The van der Waals surface area contributed by atoms with E-state index in [1.807, 2.05) is 0 Å². The number of amides is 2. The number of nitrogens with zero attached hydrogens (tertiary/aromatic N) is 1. The van der Waals surface area contributed by atoms with E-state index >= 15 is 0 Å². The Kier molecular flexibility index (Phi) is 7.69. The van der Waals surface area contributed by atoms with Gasteiger partial charge in [0.2, 0.25) is 6.79 Å². The van der Waals surface area contributed by atoms with Crippen LogP contribution < -0.4 is 29.7 Å². The summed E-state index contributed by atoms with van der Waals surface area (Å²) >= 11 is 0. The number of carbonyl (C=O) groups excluding carboxylic acids is 2. The van der Waals surface area contributed by atoms with Crippen molar-refractivity contribution < 1.29 is 28.5 Å². The Morgan fingerprint density at radius 1 is 1.13 bits per heavy atom.